The number of ether oxygens (including phenoxy) is 2. The van der Waals surface area contributed by atoms with Gasteiger partial charge < -0.3 is 20.3 Å². The Labute approximate surface area is 208 Å². The van der Waals surface area contributed by atoms with Gasteiger partial charge in [0.05, 0.1) is 18.8 Å². The van der Waals surface area contributed by atoms with Crippen molar-refractivity contribution >= 4 is 17.4 Å². The molecule has 3 aromatic carbocycles. The number of tetrazole rings is 1. The summed E-state index contributed by atoms with van der Waals surface area (Å²) in [6.07, 6.45) is -1.08. The van der Waals surface area contributed by atoms with Crippen molar-refractivity contribution in [3.05, 3.63) is 101 Å². The molecule has 3 N–H and O–H groups in total. The highest BCUT2D eigenvalue weighted by Crippen LogP contribution is 2.48. The van der Waals surface area contributed by atoms with Gasteiger partial charge in [0, 0.05) is 30.0 Å². The standard InChI is InChI=1S/C26H27N5O3S/c1-31-26(28-29-30-31)35-16-22-23(18-6-3-2-4-7-18)24(19-12-10-17(15-32)11-13-19)34-25(33-22)20-8-5-9-21(27)14-20/h2-14,22-25,32H,15-16,27H2,1H3/t22-,23-,24+,25?/m1/s1. The zero-order chi connectivity index (χ0) is 24.2. The normalized spacial score (nSPS) is 22.2. The van der Waals surface area contributed by atoms with Crippen LogP contribution in [0, 0.1) is 0 Å². The molecule has 5 rings (SSSR count). The molecule has 1 saturated heterocycles. The van der Waals surface area contributed by atoms with Crippen molar-refractivity contribution in [2.75, 3.05) is 11.5 Å². The van der Waals surface area contributed by atoms with E-state index in [1.807, 2.05) is 73.8 Å². The van der Waals surface area contributed by atoms with E-state index in [0.29, 0.717) is 11.4 Å². The van der Waals surface area contributed by atoms with Gasteiger partial charge in [0.2, 0.25) is 5.16 Å². The van der Waals surface area contributed by atoms with Gasteiger partial charge in [0.15, 0.2) is 6.29 Å². The maximum absolute atomic E-state index is 9.53. The molecule has 0 radical (unpaired) electrons. The van der Waals surface area contributed by atoms with Crippen LogP contribution in [0.3, 0.4) is 0 Å². The Hall–Kier alpha value is -3.24. The summed E-state index contributed by atoms with van der Waals surface area (Å²) in [4.78, 5) is 0. The summed E-state index contributed by atoms with van der Waals surface area (Å²) in [7, 11) is 1.82. The van der Waals surface area contributed by atoms with E-state index < -0.39 is 6.29 Å². The number of nitrogen functional groups attached to an aromatic ring is 1. The lowest BCUT2D eigenvalue weighted by molar-refractivity contribution is -0.255. The van der Waals surface area contributed by atoms with E-state index >= 15 is 0 Å². The number of nitrogens with two attached hydrogens (primary N) is 1. The highest BCUT2D eigenvalue weighted by atomic mass is 32.2. The lowest BCUT2D eigenvalue weighted by atomic mass is 9.84. The molecule has 0 spiro atoms. The van der Waals surface area contributed by atoms with E-state index in [1.165, 1.54) is 0 Å². The molecule has 1 aromatic heterocycles. The first kappa shape index (κ1) is 23.5. The fourth-order valence-corrected chi connectivity index (χ4v) is 5.27. The predicted octanol–water partition coefficient (Wildman–Crippen LogP) is 4.02. The Bertz CT molecular complexity index is 1250. The molecule has 1 aliphatic rings. The average molecular weight is 490 g/mol. The van der Waals surface area contributed by atoms with Crippen molar-refractivity contribution in [2.45, 2.75) is 36.2 Å². The number of rotatable bonds is 7. The SMILES string of the molecule is Cn1nnnc1SC[C@H]1OC(c2cccc(N)c2)O[C@@H](c2ccc(CO)cc2)[C@@H]1c1ccccc1. The maximum atomic E-state index is 9.53. The van der Waals surface area contributed by atoms with Crippen LogP contribution >= 0.6 is 11.8 Å². The van der Waals surface area contributed by atoms with Crippen LogP contribution in [0.25, 0.3) is 0 Å². The Morgan fingerprint density at radius 3 is 2.40 bits per heavy atom. The number of thioether (sulfide) groups is 1. The summed E-state index contributed by atoms with van der Waals surface area (Å²) in [5, 5.41) is 22.1. The summed E-state index contributed by atoms with van der Waals surface area (Å²) >= 11 is 1.55. The molecule has 1 fully saturated rings. The van der Waals surface area contributed by atoms with Crippen molar-refractivity contribution in [2.24, 2.45) is 7.05 Å². The van der Waals surface area contributed by atoms with Crippen LogP contribution in [-0.2, 0) is 23.1 Å². The molecule has 35 heavy (non-hydrogen) atoms. The van der Waals surface area contributed by atoms with Gasteiger partial charge in [-0.05, 0) is 39.2 Å². The van der Waals surface area contributed by atoms with E-state index in [1.54, 1.807) is 16.4 Å². The van der Waals surface area contributed by atoms with E-state index in [4.69, 9.17) is 15.2 Å². The predicted molar refractivity (Wildman–Crippen MR) is 133 cm³/mol. The van der Waals surface area contributed by atoms with Crippen LogP contribution in [-0.4, -0.2) is 37.2 Å². The van der Waals surface area contributed by atoms with Gasteiger partial charge in [-0.2, -0.15) is 0 Å². The third-order valence-corrected chi connectivity index (χ3v) is 7.21. The number of aryl methyl sites for hydroxylation is 1. The first-order chi connectivity index (χ1) is 17.1. The van der Waals surface area contributed by atoms with Gasteiger partial charge in [-0.25, -0.2) is 4.68 Å². The Balaban J connectivity index is 1.54. The molecule has 2 heterocycles. The fraction of sp³-hybridized carbons (Fsp3) is 0.269. The summed E-state index contributed by atoms with van der Waals surface area (Å²) in [5.74, 6) is 0.545. The van der Waals surface area contributed by atoms with Gasteiger partial charge in [-0.15, -0.1) is 5.10 Å². The molecule has 1 aliphatic heterocycles. The molecule has 180 valence electrons. The molecule has 4 atom stereocenters. The van der Waals surface area contributed by atoms with Gasteiger partial charge in [0.1, 0.15) is 0 Å². The highest BCUT2D eigenvalue weighted by Gasteiger charge is 2.42. The molecule has 9 heteroatoms. The molecule has 0 saturated carbocycles. The zero-order valence-corrected chi connectivity index (χ0v) is 20.1. The summed E-state index contributed by atoms with van der Waals surface area (Å²) in [6, 6.07) is 25.8. The molecule has 4 aromatic rings. The third-order valence-electron chi connectivity index (χ3n) is 6.11. The van der Waals surface area contributed by atoms with Gasteiger partial charge >= 0.3 is 0 Å². The first-order valence-corrected chi connectivity index (χ1v) is 12.4. The van der Waals surface area contributed by atoms with Crippen molar-refractivity contribution in [3.8, 4) is 0 Å². The summed E-state index contributed by atoms with van der Waals surface area (Å²) in [5.41, 5.74) is 10.6. The van der Waals surface area contributed by atoms with Gasteiger partial charge in [-0.3, -0.25) is 0 Å². The van der Waals surface area contributed by atoms with Crippen LogP contribution in [0.1, 0.15) is 40.6 Å². The monoisotopic (exact) mass is 489 g/mol. The smallest absolute Gasteiger partial charge is 0.209 e. The summed E-state index contributed by atoms with van der Waals surface area (Å²) in [6.45, 7) is -0.00601. The number of aromatic nitrogens is 4. The van der Waals surface area contributed by atoms with Crippen LogP contribution in [0.4, 0.5) is 5.69 Å². The Kier molecular flexibility index (Phi) is 7.10. The van der Waals surface area contributed by atoms with E-state index in [2.05, 4.69) is 27.7 Å². The van der Waals surface area contributed by atoms with Crippen LogP contribution in [0.15, 0.2) is 84.0 Å². The Morgan fingerprint density at radius 2 is 1.71 bits per heavy atom. The third kappa shape index (κ3) is 5.23. The number of hydrogen-bond acceptors (Lipinski definition) is 8. The molecular formula is C26H27N5O3S. The number of hydrogen-bond donors (Lipinski definition) is 2. The lowest BCUT2D eigenvalue weighted by Gasteiger charge is -2.43. The first-order valence-electron chi connectivity index (χ1n) is 11.4. The largest absolute Gasteiger partial charge is 0.399 e. The van der Waals surface area contributed by atoms with Crippen molar-refractivity contribution in [1.29, 1.82) is 0 Å². The topological polar surface area (TPSA) is 108 Å². The minimum absolute atomic E-state index is 0.00601. The second kappa shape index (κ2) is 10.6. The second-order valence-corrected chi connectivity index (χ2v) is 9.45. The lowest BCUT2D eigenvalue weighted by Crippen LogP contribution is -2.38. The van der Waals surface area contributed by atoms with E-state index in [-0.39, 0.29) is 24.7 Å². The quantitative estimate of drug-likeness (QED) is 0.296. The maximum Gasteiger partial charge on any atom is 0.209 e. The zero-order valence-electron chi connectivity index (χ0n) is 19.3. The minimum atomic E-state index is -0.593. The van der Waals surface area contributed by atoms with E-state index in [0.717, 1.165) is 27.4 Å². The van der Waals surface area contributed by atoms with Crippen molar-refractivity contribution in [3.63, 3.8) is 0 Å². The molecule has 0 amide bonds. The minimum Gasteiger partial charge on any atom is -0.399 e. The van der Waals surface area contributed by atoms with Crippen LogP contribution < -0.4 is 5.73 Å². The molecule has 1 unspecified atom stereocenters. The van der Waals surface area contributed by atoms with E-state index in [9.17, 15) is 5.11 Å². The number of nitrogens with zero attached hydrogens (tertiary/aromatic N) is 4. The molecule has 0 bridgehead atoms. The number of aliphatic hydroxyl groups is 1. The number of benzene rings is 3. The van der Waals surface area contributed by atoms with Gasteiger partial charge in [-0.1, -0.05) is 78.5 Å². The Morgan fingerprint density at radius 1 is 0.943 bits per heavy atom. The average Bonchev–Trinajstić information content (AvgIpc) is 3.32. The van der Waals surface area contributed by atoms with Crippen molar-refractivity contribution < 1.29 is 14.6 Å². The second-order valence-electron chi connectivity index (χ2n) is 8.47. The fourth-order valence-electron chi connectivity index (χ4n) is 4.36. The van der Waals surface area contributed by atoms with Crippen LogP contribution in [0.5, 0.6) is 0 Å². The molecular weight excluding hydrogens is 462 g/mol. The molecule has 8 nitrogen and oxygen atoms in total. The number of anilines is 1. The highest BCUT2D eigenvalue weighted by molar-refractivity contribution is 7.99. The molecule has 0 aliphatic carbocycles. The summed E-state index contributed by atoms with van der Waals surface area (Å²) < 4.78 is 14.9. The van der Waals surface area contributed by atoms with Crippen molar-refractivity contribution in [1.82, 2.24) is 20.2 Å². The number of aliphatic hydroxyl groups excluding tert-OH is 1. The van der Waals surface area contributed by atoms with Crippen LogP contribution in [0.2, 0.25) is 0 Å². The van der Waals surface area contributed by atoms with Gasteiger partial charge in [0.25, 0.3) is 0 Å².